The third-order valence-corrected chi connectivity index (χ3v) is 8.69. The molecule has 8 rings (SSSR count). The summed E-state index contributed by atoms with van der Waals surface area (Å²) in [5.74, 6) is 0. The molecular weight excluding hydrogens is 819 g/mol. The van der Waals surface area contributed by atoms with Crippen LogP contribution < -0.4 is 0 Å². The van der Waals surface area contributed by atoms with Crippen LogP contribution >= 0.6 is 15.9 Å². The van der Waals surface area contributed by atoms with E-state index in [0.717, 1.165) is 21.2 Å². The average Bonchev–Trinajstić information content (AvgIpc) is 3.39. The molecule has 0 amide bonds. The maximum atomic E-state index is 4.22. The van der Waals surface area contributed by atoms with Gasteiger partial charge in [-0.3, -0.25) is 0 Å². The molecule has 8 aromatic rings. The molecule has 205 valence electrons. The molecule has 0 fully saturated rings. The van der Waals surface area contributed by atoms with Gasteiger partial charge in [0.1, 0.15) is 0 Å². The van der Waals surface area contributed by atoms with Crippen molar-refractivity contribution in [3.05, 3.63) is 139 Å². The van der Waals surface area contributed by atoms with Crippen LogP contribution in [0.5, 0.6) is 0 Å². The molecule has 0 saturated carbocycles. The molecule has 0 bridgehead atoms. The fourth-order valence-electron chi connectivity index (χ4n) is 6.35. The molecule has 0 atom stereocenters. The van der Waals surface area contributed by atoms with Crippen molar-refractivity contribution < 1.29 is 98.1 Å². The molecule has 6 aromatic carbocycles. The van der Waals surface area contributed by atoms with E-state index in [-0.39, 0.29) is 98.1 Å². The molecule has 0 unspecified atom stereocenters. The van der Waals surface area contributed by atoms with Gasteiger partial charge < -0.3 is 9.13 Å². The molecule has 2 nitrogen and oxygen atoms in total. The molecule has 0 N–H and O–H groups in total. The summed E-state index contributed by atoms with van der Waals surface area (Å²) in [4.78, 5) is 0. The first-order valence-electron chi connectivity index (χ1n) is 13.3. The largest absolute Gasteiger partial charge is 0.347 e. The molecule has 0 aliphatic heterocycles. The van der Waals surface area contributed by atoms with E-state index in [0.29, 0.717) is 0 Å². The summed E-state index contributed by atoms with van der Waals surface area (Å²) in [7, 11) is 4.26. The normalized spacial score (nSPS) is 10.9. The second-order valence-corrected chi connectivity index (χ2v) is 11.5. The van der Waals surface area contributed by atoms with Crippen molar-refractivity contribution in [2.75, 3.05) is 0 Å². The minimum Gasteiger partial charge on any atom is -0.347 e. The van der Waals surface area contributed by atoms with Gasteiger partial charge in [0, 0.05) is 139 Å². The van der Waals surface area contributed by atoms with Crippen LogP contribution in [0.2, 0.25) is 0 Å². The zero-order valence-corrected chi connectivity index (χ0v) is 34.5. The van der Waals surface area contributed by atoms with E-state index in [9.17, 15) is 0 Å². The quantitative estimate of drug-likeness (QED) is 0.135. The zero-order valence-electron chi connectivity index (χ0n) is 24.4. The third-order valence-electron chi connectivity index (χ3n) is 8.20. The number of rotatable bonds is 0. The van der Waals surface area contributed by atoms with Crippen molar-refractivity contribution in [2.45, 2.75) is 0 Å². The van der Waals surface area contributed by atoms with E-state index >= 15 is 0 Å². The topological polar surface area (TPSA) is 9.86 Å². The maximum Gasteiger partial charge on any atom is 0.0478 e. The average molecular weight is 847 g/mol. The van der Waals surface area contributed by atoms with Gasteiger partial charge in [-0.1, -0.05) is 79.9 Å². The maximum absolute atomic E-state index is 4.22. The van der Waals surface area contributed by atoms with Gasteiger partial charge in [-0.25, -0.2) is 0 Å². The third kappa shape index (κ3) is 5.83. The fourth-order valence-corrected chi connectivity index (χ4v) is 6.71. The summed E-state index contributed by atoms with van der Waals surface area (Å²) in [6, 6.07) is 34.2. The Morgan fingerprint density at radius 3 is 1.37 bits per heavy atom. The second-order valence-electron chi connectivity index (χ2n) is 10.6. The van der Waals surface area contributed by atoms with Crippen molar-refractivity contribution in [1.29, 1.82) is 0 Å². The summed E-state index contributed by atoms with van der Waals surface area (Å²) >= 11 is 3.57. The fraction of sp³-hybridized carbons (Fsp3) is 0.0541. The van der Waals surface area contributed by atoms with Gasteiger partial charge in [-0.2, -0.15) is 61.7 Å². The number of hydrogen-bond acceptors (Lipinski definition) is 0. The number of halogens is 1. The van der Waals surface area contributed by atoms with E-state index in [1.807, 2.05) is 0 Å². The molecule has 2 heterocycles. The Morgan fingerprint density at radius 2 is 0.884 bits per heavy atom. The Kier molecular flexibility index (Phi) is 11.0. The van der Waals surface area contributed by atoms with Crippen molar-refractivity contribution in [3.8, 4) is 0 Å². The number of fused-ring (bicyclic) bond motifs is 10. The first kappa shape index (κ1) is 34.7. The van der Waals surface area contributed by atoms with Gasteiger partial charge in [0.05, 0.1) is 0 Å². The molecule has 0 aliphatic carbocycles. The Hall–Kier alpha value is -1.16. The monoisotopic (exact) mass is 846 g/mol. The molecule has 43 heavy (non-hydrogen) atoms. The van der Waals surface area contributed by atoms with Crippen molar-refractivity contribution >= 4 is 81.1 Å². The van der Waals surface area contributed by atoms with Crippen LogP contribution in [0, 0.1) is 20.8 Å². The van der Waals surface area contributed by atoms with E-state index in [4.69, 9.17) is 0 Å². The summed E-state index contributed by atoms with van der Waals surface area (Å²) in [6.45, 7) is 12.5. The number of benzene rings is 6. The Balaban J connectivity index is 0.000000184. The van der Waals surface area contributed by atoms with E-state index in [1.165, 1.54) is 65.2 Å². The summed E-state index contributed by atoms with van der Waals surface area (Å²) in [5, 5.41) is 10.0. The van der Waals surface area contributed by atoms with Crippen LogP contribution in [0.1, 0.15) is 16.7 Å². The van der Waals surface area contributed by atoms with Crippen LogP contribution in [0.25, 0.3) is 65.2 Å². The first-order valence-corrected chi connectivity index (χ1v) is 14.1. The standard InChI is InChI=1S/C19H15N.C18H13BrN.3Y/c1-12-8-9-18-16(10-12)17-11-13(2)14-6-4-5-7-15(14)19(17)20(18)3;1-11-9-16-15-10-12(19)7-8-17(15)20(2)18(16)14-6-4-3-5-13(11)14;;;/h4-11H,1-2H2,3H3;3-10H,1H2,2H3;;;/q-2;-1;;;. The van der Waals surface area contributed by atoms with Crippen LogP contribution in [0.15, 0.2) is 102 Å². The number of aryl methyl sites for hydroxylation is 2. The van der Waals surface area contributed by atoms with Crippen LogP contribution in [-0.4, -0.2) is 9.13 Å². The van der Waals surface area contributed by atoms with E-state index in [1.54, 1.807) is 0 Å². The zero-order chi connectivity index (χ0) is 27.7. The smallest absolute Gasteiger partial charge is 0.0478 e. The van der Waals surface area contributed by atoms with Gasteiger partial charge in [0.25, 0.3) is 0 Å². The number of hydrogen-bond donors (Lipinski definition) is 0. The Labute approximate surface area is 336 Å². The van der Waals surface area contributed by atoms with Crippen LogP contribution in [0.4, 0.5) is 0 Å². The van der Waals surface area contributed by atoms with Crippen molar-refractivity contribution in [1.82, 2.24) is 9.13 Å². The summed E-state index contributed by atoms with van der Waals surface area (Å²) in [5.41, 5.74) is 8.25. The molecule has 2 aromatic heterocycles. The predicted octanol–water partition coefficient (Wildman–Crippen LogP) is 10.3. The van der Waals surface area contributed by atoms with E-state index < -0.39 is 0 Å². The van der Waals surface area contributed by atoms with Gasteiger partial charge in [-0.05, 0) is 29.0 Å². The van der Waals surface area contributed by atoms with Gasteiger partial charge in [0.15, 0.2) is 0 Å². The molecule has 6 heteroatoms. The van der Waals surface area contributed by atoms with E-state index in [2.05, 4.69) is 157 Å². The van der Waals surface area contributed by atoms with Crippen LogP contribution in [-0.2, 0) is 112 Å². The van der Waals surface area contributed by atoms with Crippen LogP contribution in [0.3, 0.4) is 0 Å². The first-order chi connectivity index (χ1) is 19.3. The van der Waals surface area contributed by atoms with Gasteiger partial charge in [-0.15, -0.1) is 22.9 Å². The van der Waals surface area contributed by atoms with Gasteiger partial charge in [0.2, 0.25) is 0 Å². The predicted molar refractivity (Wildman–Crippen MR) is 177 cm³/mol. The Morgan fingerprint density at radius 1 is 0.465 bits per heavy atom. The molecule has 0 saturated heterocycles. The number of nitrogens with zero attached hydrogens (tertiary/aromatic N) is 2. The Bertz CT molecular complexity index is 2130. The minimum atomic E-state index is 0. The van der Waals surface area contributed by atoms with Crippen molar-refractivity contribution in [3.63, 3.8) is 0 Å². The van der Waals surface area contributed by atoms with Crippen molar-refractivity contribution in [2.24, 2.45) is 14.1 Å². The number of aromatic nitrogens is 2. The SMILES string of the molecule is [CH2-]c1cc2c3cc(Br)ccc3n(C)c2c2ccccc12.[CH2-]c1ccc2c(c1)c1cc([CH2-])c3ccccc3c1n2C.[Y].[Y].[Y]. The second kappa shape index (κ2) is 13.7. The summed E-state index contributed by atoms with van der Waals surface area (Å²) in [6.07, 6.45) is 0. The molecule has 0 aliphatic rings. The minimum absolute atomic E-state index is 0. The molecule has 0 spiro atoms. The molecular formula is C37H28BrN2Y3-3. The molecule has 3 radical (unpaired) electrons. The van der Waals surface area contributed by atoms with Gasteiger partial charge >= 0.3 is 0 Å². The summed E-state index contributed by atoms with van der Waals surface area (Å²) < 4.78 is 5.65.